The first-order chi connectivity index (χ1) is 16.7. The summed E-state index contributed by atoms with van der Waals surface area (Å²) in [7, 11) is 1.67. The fraction of sp³-hybridized carbons (Fsp3) is 0.500. The van der Waals surface area contributed by atoms with Crippen molar-refractivity contribution in [3.05, 3.63) is 57.1 Å². The first-order valence-electron chi connectivity index (χ1n) is 12.3. The van der Waals surface area contributed by atoms with E-state index in [2.05, 4.69) is 20.9 Å². The Morgan fingerprint density at radius 2 is 2.21 bits per heavy atom. The van der Waals surface area contributed by atoms with Gasteiger partial charge in [-0.3, -0.25) is 19.7 Å². The molecule has 1 aromatic carbocycles. The Morgan fingerprint density at radius 3 is 2.97 bits per heavy atom. The van der Waals surface area contributed by atoms with Crippen molar-refractivity contribution in [2.45, 2.75) is 56.8 Å². The van der Waals surface area contributed by atoms with E-state index < -0.39 is 0 Å². The van der Waals surface area contributed by atoms with Gasteiger partial charge in [0.25, 0.3) is 5.56 Å². The van der Waals surface area contributed by atoms with E-state index in [1.807, 2.05) is 18.3 Å². The zero-order valence-electron chi connectivity index (χ0n) is 19.4. The second-order valence-corrected chi connectivity index (χ2v) is 10.1. The zero-order valence-corrected chi connectivity index (χ0v) is 19.4. The maximum Gasteiger partial charge on any atom is 0.260 e. The Balaban J connectivity index is 1.19. The highest BCUT2D eigenvalue weighted by Crippen LogP contribution is 2.43. The molecule has 1 aliphatic carbocycles. The van der Waals surface area contributed by atoms with Gasteiger partial charge in [0.15, 0.2) is 0 Å². The molecule has 1 saturated carbocycles. The predicted octanol–water partition coefficient (Wildman–Crippen LogP) is 2.74. The summed E-state index contributed by atoms with van der Waals surface area (Å²) >= 11 is 0. The minimum absolute atomic E-state index is 0.0583. The molecule has 2 atom stereocenters. The summed E-state index contributed by atoms with van der Waals surface area (Å²) in [6, 6.07) is 6.53. The standard InChI is InChI=1S/C26H29N5O3/c1-33-18-9-21(15-2-3-15)24-22(10-18)28-26(29-25(24)32)30-7-5-20-16(11-30)4-6-27-23(20)13-31-12-19-8-17(31)14-34-19/h4,6,9-10,15,17,19H,2-3,5,7-8,11-14H2,1H3,(H,28,29,32)/t17-,19-/m1/s1. The third-order valence-electron chi connectivity index (χ3n) is 7.95. The highest BCUT2D eigenvalue weighted by atomic mass is 16.5. The Bertz CT molecular complexity index is 1330. The summed E-state index contributed by atoms with van der Waals surface area (Å²) in [6.07, 6.45) is 6.60. The molecule has 0 amide bonds. The Hall–Kier alpha value is -2.97. The van der Waals surface area contributed by atoms with Crippen LogP contribution in [-0.2, 0) is 24.2 Å². The number of aromatic amines is 1. The van der Waals surface area contributed by atoms with Crippen LogP contribution in [0.15, 0.2) is 29.2 Å². The average molecular weight is 460 g/mol. The van der Waals surface area contributed by atoms with E-state index in [0.29, 0.717) is 41.5 Å². The average Bonchev–Trinajstić information content (AvgIpc) is 3.50. The molecule has 176 valence electrons. The molecule has 8 nitrogen and oxygen atoms in total. The van der Waals surface area contributed by atoms with Crippen molar-refractivity contribution in [2.75, 3.05) is 31.7 Å². The summed E-state index contributed by atoms with van der Waals surface area (Å²) < 4.78 is 11.3. The van der Waals surface area contributed by atoms with E-state index in [1.165, 1.54) is 16.8 Å². The van der Waals surface area contributed by atoms with E-state index in [9.17, 15) is 4.79 Å². The van der Waals surface area contributed by atoms with Crippen molar-refractivity contribution in [2.24, 2.45) is 0 Å². The fourth-order valence-electron chi connectivity index (χ4n) is 6.00. The molecule has 4 aliphatic rings. The molecular weight excluding hydrogens is 430 g/mol. The lowest BCUT2D eigenvalue weighted by Gasteiger charge is -2.32. The normalized spacial score (nSPS) is 24.1. The molecule has 7 rings (SSSR count). The summed E-state index contributed by atoms with van der Waals surface area (Å²) in [5.74, 6) is 1.83. The number of nitrogens with zero attached hydrogens (tertiary/aromatic N) is 4. The summed E-state index contributed by atoms with van der Waals surface area (Å²) in [5.41, 5.74) is 5.52. The second kappa shape index (κ2) is 7.78. The molecule has 5 heterocycles. The fourth-order valence-corrected chi connectivity index (χ4v) is 6.00. The van der Waals surface area contributed by atoms with Gasteiger partial charge < -0.3 is 14.4 Å². The number of fused-ring (bicyclic) bond motifs is 4. The highest BCUT2D eigenvalue weighted by molar-refractivity contribution is 5.85. The van der Waals surface area contributed by atoms with Crippen LogP contribution < -0.4 is 15.2 Å². The first-order valence-corrected chi connectivity index (χ1v) is 12.3. The smallest absolute Gasteiger partial charge is 0.260 e. The third-order valence-corrected chi connectivity index (χ3v) is 7.95. The zero-order chi connectivity index (χ0) is 22.8. The number of morpholine rings is 1. The van der Waals surface area contributed by atoms with Crippen molar-refractivity contribution in [1.82, 2.24) is 19.9 Å². The summed E-state index contributed by atoms with van der Waals surface area (Å²) in [6.45, 7) is 4.27. The first kappa shape index (κ1) is 20.4. The number of nitrogens with one attached hydrogen (secondary N) is 1. The number of rotatable bonds is 5. The molecule has 8 heteroatoms. The van der Waals surface area contributed by atoms with E-state index in [-0.39, 0.29) is 5.56 Å². The van der Waals surface area contributed by atoms with Gasteiger partial charge in [0.05, 0.1) is 36.4 Å². The van der Waals surface area contributed by atoms with Crippen LogP contribution in [0.25, 0.3) is 10.9 Å². The van der Waals surface area contributed by atoms with Gasteiger partial charge in [-0.05, 0) is 60.4 Å². The van der Waals surface area contributed by atoms with Crippen LogP contribution in [0.1, 0.15) is 47.6 Å². The van der Waals surface area contributed by atoms with Gasteiger partial charge in [-0.25, -0.2) is 4.98 Å². The lowest BCUT2D eigenvalue weighted by Crippen LogP contribution is -2.38. The molecule has 3 fully saturated rings. The molecule has 34 heavy (non-hydrogen) atoms. The Labute approximate surface area is 197 Å². The Kier molecular flexibility index (Phi) is 4.67. The number of hydrogen-bond donors (Lipinski definition) is 1. The molecule has 3 aliphatic heterocycles. The lowest BCUT2D eigenvalue weighted by molar-refractivity contribution is 0.0267. The highest BCUT2D eigenvalue weighted by Gasteiger charge is 2.39. The quantitative estimate of drug-likeness (QED) is 0.628. The molecule has 0 spiro atoms. The Morgan fingerprint density at radius 1 is 1.29 bits per heavy atom. The molecule has 0 radical (unpaired) electrons. The number of methoxy groups -OCH3 is 1. The number of hydrogen-bond acceptors (Lipinski definition) is 7. The minimum Gasteiger partial charge on any atom is -0.497 e. The minimum atomic E-state index is -0.0583. The van der Waals surface area contributed by atoms with Crippen molar-refractivity contribution in [3.63, 3.8) is 0 Å². The van der Waals surface area contributed by atoms with Gasteiger partial charge in [0, 0.05) is 44.5 Å². The maximum atomic E-state index is 13.2. The molecule has 3 aromatic rings. The van der Waals surface area contributed by atoms with Gasteiger partial charge in [-0.2, -0.15) is 0 Å². The van der Waals surface area contributed by atoms with E-state index in [1.54, 1.807) is 7.11 Å². The summed E-state index contributed by atoms with van der Waals surface area (Å²) in [4.78, 5) is 30.6. The molecular formula is C26H29N5O3. The van der Waals surface area contributed by atoms with E-state index in [0.717, 1.165) is 63.2 Å². The maximum absolute atomic E-state index is 13.2. The van der Waals surface area contributed by atoms with Crippen molar-refractivity contribution < 1.29 is 9.47 Å². The van der Waals surface area contributed by atoms with Crippen LogP contribution in [0, 0.1) is 0 Å². The van der Waals surface area contributed by atoms with Gasteiger partial charge >= 0.3 is 0 Å². The van der Waals surface area contributed by atoms with E-state index in [4.69, 9.17) is 19.4 Å². The van der Waals surface area contributed by atoms with Crippen LogP contribution in [0.2, 0.25) is 0 Å². The van der Waals surface area contributed by atoms with Crippen molar-refractivity contribution in [3.8, 4) is 5.75 Å². The van der Waals surface area contributed by atoms with E-state index >= 15 is 0 Å². The van der Waals surface area contributed by atoms with Gasteiger partial charge in [-0.1, -0.05) is 0 Å². The lowest BCUT2D eigenvalue weighted by atomic mass is 9.98. The molecule has 2 bridgehead atoms. The number of pyridine rings is 1. The van der Waals surface area contributed by atoms with Crippen LogP contribution in [-0.4, -0.2) is 58.8 Å². The number of ether oxygens (including phenoxy) is 2. The molecule has 2 saturated heterocycles. The van der Waals surface area contributed by atoms with Crippen LogP contribution in [0.4, 0.5) is 5.95 Å². The topological polar surface area (TPSA) is 83.6 Å². The van der Waals surface area contributed by atoms with Gasteiger partial charge in [0.1, 0.15) is 5.75 Å². The van der Waals surface area contributed by atoms with Crippen LogP contribution >= 0.6 is 0 Å². The molecule has 0 unspecified atom stereocenters. The van der Waals surface area contributed by atoms with Gasteiger partial charge in [0.2, 0.25) is 5.95 Å². The number of H-pyrrole nitrogens is 1. The SMILES string of the molecule is COc1cc(C2CC2)c2c(=O)[nH]c(N3CCc4c(ccnc4CN4C[C@H]5C[C@@H]4CO5)C3)nc2c1. The predicted molar refractivity (Wildman–Crippen MR) is 128 cm³/mol. The number of likely N-dealkylation sites (tertiary alicyclic amines) is 1. The van der Waals surface area contributed by atoms with Crippen LogP contribution in [0.5, 0.6) is 5.75 Å². The number of benzene rings is 1. The third kappa shape index (κ3) is 3.39. The van der Waals surface area contributed by atoms with Gasteiger partial charge in [-0.15, -0.1) is 0 Å². The largest absolute Gasteiger partial charge is 0.497 e. The summed E-state index contributed by atoms with van der Waals surface area (Å²) in [5, 5.41) is 0.708. The van der Waals surface area contributed by atoms with Crippen molar-refractivity contribution in [1.29, 1.82) is 0 Å². The van der Waals surface area contributed by atoms with Crippen LogP contribution in [0.3, 0.4) is 0 Å². The number of anilines is 1. The number of aromatic nitrogens is 3. The molecule has 2 aromatic heterocycles. The monoisotopic (exact) mass is 459 g/mol. The van der Waals surface area contributed by atoms with Crippen molar-refractivity contribution >= 4 is 16.9 Å². The second-order valence-electron chi connectivity index (χ2n) is 10.1. The molecule has 1 N–H and O–H groups in total.